The average Bonchev–Trinajstić information content (AvgIpc) is 4.05. The van der Waals surface area contributed by atoms with Gasteiger partial charge in [-0.2, -0.15) is 5.10 Å². The van der Waals surface area contributed by atoms with Gasteiger partial charge in [0.25, 0.3) is 0 Å². The van der Waals surface area contributed by atoms with E-state index in [0.29, 0.717) is 5.92 Å². The van der Waals surface area contributed by atoms with Crippen molar-refractivity contribution in [2.75, 3.05) is 0 Å². The van der Waals surface area contributed by atoms with Crippen LogP contribution in [0.1, 0.15) is 49.3 Å². The number of rotatable bonds is 1. The lowest BCUT2D eigenvalue weighted by Gasteiger charge is -2.23. The molecule has 2 atom stereocenters. The summed E-state index contributed by atoms with van der Waals surface area (Å²) in [6.45, 7) is 4.00. The van der Waals surface area contributed by atoms with Crippen LogP contribution in [-0.4, -0.2) is 21.3 Å². The van der Waals surface area contributed by atoms with Gasteiger partial charge in [-0.25, -0.2) is 0 Å². The lowest BCUT2D eigenvalue weighted by atomic mass is 9.81. The van der Waals surface area contributed by atoms with E-state index in [1.165, 1.54) is 90.8 Å². The minimum Gasteiger partial charge on any atom is -0.485 e. The van der Waals surface area contributed by atoms with Crippen LogP contribution in [0.4, 0.5) is 0 Å². The molecule has 5 heteroatoms. The molecule has 0 fully saturated rings. The topological polar surface area (TPSA) is 53.7 Å². The number of aromatic amines is 2. The number of nitrogens with zero attached hydrogens (tertiary/aromatic N) is 1. The van der Waals surface area contributed by atoms with Crippen LogP contribution in [-0.2, 0) is 0 Å². The molecular weight excluding hydrogens is 703 g/mol. The van der Waals surface area contributed by atoms with Gasteiger partial charge in [-0.1, -0.05) is 123 Å². The summed E-state index contributed by atoms with van der Waals surface area (Å²) in [5.41, 5.74) is 9.67. The molecule has 270 valence electrons. The summed E-state index contributed by atoms with van der Waals surface area (Å²) in [7, 11) is 0. The summed E-state index contributed by atoms with van der Waals surface area (Å²) in [6, 6.07) is 45.7. The first-order chi connectivity index (χ1) is 27.8. The zero-order valence-electron chi connectivity index (χ0n) is 31.3. The Labute approximate surface area is 328 Å². The Bertz CT molecular complexity index is 3340. The number of aromatic nitrogens is 3. The maximum absolute atomic E-state index is 6.15. The molecule has 56 heavy (non-hydrogen) atoms. The van der Waals surface area contributed by atoms with Gasteiger partial charge in [-0.05, 0) is 87.8 Å². The zero-order valence-corrected chi connectivity index (χ0v) is 32.1. The molecule has 3 aromatic heterocycles. The van der Waals surface area contributed by atoms with Gasteiger partial charge in [0.15, 0.2) is 0 Å². The molecule has 3 aliphatic rings. The molecular formula is C51H39N3OS. The van der Waals surface area contributed by atoms with Crippen LogP contribution >= 0.6 is 11.3 Å². The van der Waals surface area contributed by atoms with Gasteiger partial charge >= 0.3 is 0 Å². The third-order valence-corrected chi connectivity index (χ3v) is 12.9. The average molecular weight is 742 g/mol. The monoisotopic (exact) mass is 741 g/mol. The van der Waals surface area contributed by atoms with E-state index in [0.717, 1.165) is 29.8 Å². The number of thiophene rings is 1. The predicted molar refractivity (Wildman–Crippen MR) is 238 cm³/mol. The second kappa shape index (κ2) is 13.1. The highest BCUT2D eigenvalue weighted by atomic mass is 32.1. The van der Waals surface area contributed by atoms with Crippen LogP contribution < -0.4 is 14.5 Å². The Hall–Kier alpha value is -6.43. The van der Waals surface area contributed by atoms with E-state index in [9.17, 15) is 0 Å². The highest BCUT2D eigenvalue weighted by molar-refractivity contribution is 7.17. The van der Waals surface area contributed by atoms with Crippen LogP contribution in [0.2, 0.25) is 0 Å². The van der Waals surface area contributed by atoms with Crippen molar-refractivity contribution >= 4 is 93.9 Å². The molecule has 10 aromatic rings. The Morgan fingerprint density at radius 1 is 0.643 bits per heavy atom. The molecule has 2 unspecified atom stereocenters. The van der Waals surface area contributed by atoms with E-state index < -0.39 is 0 Å². The summed E-state index contributed by atoms with van der Waals surface area (Å²) in [5.74, 6) is 1.31. The number of para-hydroxylation sites is 2. The van der Waals surface area contributed by atoms with Crippen molar-refractivity contribution in [3.8, 4) is 17.0 Å². The third kappa shape index (κ3) is 5.01. The van der Waals surface area contributed by atoms with E-state index in [1.807, 2.05) is 31.3 Å². The molecule has 0 saturated carbocycles. The van der Waals surface area contributed by atoms with Crippen molar-refractivity contribution < 1.29 is 4.74 Å². The SMILES string of the molecule is C1=CC2Oc3ccccc3C2c2cc3c(cc21)[nH]c1ccccc13.C1=c2sc3ccc(-c4n[nH]c5c6ccccc6c6ccccc6c45)cc3c2=CCC1.CC. The van der Waals surface area contributed by atoms with Gasteiger partial charge in [-0.15, -0.1) is 11.3 Å². The zero-order chi connectivity index (χ0) is 37.3. The molecule has 4 heterocycles. The van der Waals surface area contributed by atoms with Gasteiger partial charge in [0.05, 0.1) is 11.4 Å². The second-order valence-corrected chi connectivity index (χ2v) is 15.7. The van der Waals surface area contributed by atoms with E-state index in [1.54, 1.807) is 0 Å². The maximum Gasteiger partial charge on any atom is 0.128 e. The smallest absolute Gasteiger partial charge is 0.128 e. The first kappa shape index (κ1) is 33.0. The number of hydrogen-bond donors (Lipinski definition) is 2. The summed E-state index contributed by atoms with van der Waals surface area (Å²) in [5, 5.41) is 19.8. The molecule has 7 aromatic carbocycles. The van der Waals surface area contributed by atoms with Gasteiger partial charge in [-0.3, -0.25) is 5.10 Å². The molecule has 13 rings (SSSR count). The molecule has 0 bridgehead atoms. The van der Waals surface area contributed by atoms with Gasteiger partial charge in [0.1, 0.15) is 17.5 Å². The molecule has 0 spiro atoms. The van der Waals surface area contributed by atoms with E-state index >= 15 is 0 Å². The third-order valence-electron chi connectivity index (χ3n) is 11.7. The highest BCUT2D eigenvalue weighted by Crippen LogP contribution is 2.47. The van der Waals surface area contributed by atoms with Crippen molar-refractivity contribution in [1.29, 1.82) is 0 Å². The Kier molecular flexibility index (Phi) is 7.71. The van der Waals surface area contributed by atoms with Crippen LogP contribution in [0.25, 0.3) is 93.8 Å². The number of nitrogens with one attached hydrogen (secondary N) is 2. The van der Waals surface area contributed by atoms with Gasteiger partial charge < -0.3 is 9.72 Å². The van der Waals surface area contributed by atoms with Crippen molar-refractivity contribution in [2.45, 2.75) is 38.7 Å². The molecule has 4 nitrogen and oxygen atoms in total. The van der Waals surface area contributed by atoms with Crippen LogP contribution in [0, 0.1) is 0 Å². The number of ether oxygens (including phenoxy) is 1. The number of benzene rings is 7. The standard InChI is InChI=1S/C27H18N2S.C22H15NO.C2H6/c1-3-10-20-17(7-1)18-8-2-4-11-21(18)27-25(20)26(28-29-27)16-13-14-24-22(15-16)19-9-5-6-12-23(19)30-24;1-3-7-18-14(5-1)17-12-16-13(11-19(17)23-18)9-10-21-22(16)15-6-2-4-8-20(15)24-21;1-2/h1-4,7-15H,5-6H2,(H,28,29);1-12,21-23H;1-2H3. The quantitative estimate of drug-likeness (QED) is 0.165. The lowest BCUT2D eigenvalue weighted by molar-refractivity contribution is 0.267. The minimum atomic E-state index is 0.109. The molecule has 1 aliphatic heterocycles. The summed E-state index contributed by atoms with van der Waals surface area (Å²) >= 11 is 1.90. The Morgan fingerprint density at radius 2 is 1.38 bits per heavy atom. The normalized spacial score (nSPS) is 16.2. The Morgan fingerprint density at radius 3 is 2.25 bits per heavy atom. The van der Waals surface area contributed by atoms with Crippen molar-refractivity contribution in [2.24, 2.45) is 0 Å². The lowest BCUT2D eigenvalue weighted by Crippen LogP contribution is -2.20. The molecule has 2 aliphatic carbocycles. The van der Waals surface area contributed by atoms with Crippen LogP contribution in [0.3, 0.4) is 0 Å². The predicted octanol–water partition coefficient (Wildman–Crippen LogP) is 12.4. The molecule has 0 radical (unpaired) electrons. The van der Waals surface area contributed by atoms with E-state index in [4.69, 9.17) is 9.84 Å². The number of H-pyrrole nitrogens is 2. The van der Waals surface area contributed by atoms with Crippen LogP contribution in [0.15, 0.2) is 133 Å². The summed E-state index contributed by atoms with van der Waals surface area (Å²) in [6.07, 6.45) is 11.6. The fourth-order valence-corrected chi connectivity index (χ4v) is 10.4. The Balaban J connectivity index is 0.000000127. The fourth-order valence-electron chi connectivity index (χ4n) is 9.24. The first-order valence-corrected chi connectivity index (χ1v) is 20.6. The summed E-state index contributed by atoms with van der Waals surface area (Å²) in [4.78, 5) is 3.54. The largest absolute Gasteiger partial charge is 0.485 e. The summed E-state index contributed by atoms with van der Waals surface area (Å²) < 4.78 is 8.92. The minimum absolute atomic E-state index is 0.109. The molecule has 0 saturated heterocycles. The van der Waals surface area contributed by atoms with E-state index in [-0.39, 0.29) is 6.10 Å². The van der Waals surface area contributed by atoms with Crippen molar-refractivity contribution in [3.63, 3.8) is 0 Å². The molecule has 2 N–H and O–H groups in total. The van der Waals surface area contributed by atoms with Crippen LogP contribution in [0.5, 0.6) is 5.75 Å². The highest BCUT2D eigenvalue weighted by Gasteiger charge is 2.37. The van der Waals surface area contributed by atoms with Crippen molar-refractivity contribution in [1.82, 2.24) is 15.2 Å². The van der Waals surface area contributed by atoms with Gasteiger partial charge in [0, 0.05) is 58.3 Å². The second-order valence-electron chi connectivity index (χ2n) is 14.6. The maximum atomic E-state index is 6.15. The number of fused-ring (bicyclic) bond motifs is 17. The van der Waals surface area contributed by atoms with Crippen molar-refractivity contribution in [3.05, 3.63) is 160 Å². The van der Waals surface area contributed by atoms with Gasteiger partial charge in [0.2, 0.25) is 0 Å². The number of hydrogen-bond acceptors (Lipinski definition) is 3. The molecule has 0 amide bonds. The van der Waals surface area contributed by atoms with E-state index in [2.05, 4.69) is 156 Å². The first-order valence-electron chi connectivity index (χ1n) is 19.8. The fraction of sp³-hybridized carbons (Fsp3) is 0.118.